The fourth-order valence-corrected chi connectivity index (χ4v) is 2.84. The van der Waals surface area contributed by atoms with Crippen LogP contribution in [0, 0.1) is 0 Å². The van der Waals surface area contributed by atoms with Gasteiger partial charge in [0.05, 0.1) is 12.8 Å². The van der Waals surface area contributed by atoms with Gasteiger partial charge in [0, 0.05) is 37.3 Å². The number of hydrogen-bond donors (Lipinski definition) is 2. The van der Waals surface area contributed by atoms with Gasteiger partial charge < -0.3 is 19.9 Å². The second-order valence-electron chi connectivity index (χ2n) is 5.98. The van der Waals surface area contributed by atoms with Crippen LogP contribution in [0.15, 0.2) is 30.6 Å². The molecule has 0 bridgehead atoms. The van der Waals surface area contributed by atoms with Gasteiger partial charge in [-0.15, -0.1) is 0 Å². The van der Waals surface area contributed by atoms with Gasteiger partial charge in [0.2, 0.25) is 0 Å². The van der Waals surface area contributed by atoms with Crippen LogP contribution in [0.2, 0.25) is 5.02 Å². The van der Waals surface area contributed by atoms with Gasteiger partial charge in [-0.3, -0.25) is 5.32 Å². The van der Waals surface area contributed by atoms with Gasteiger partial charge >= 0.3 is 6.03 Å². The molecule has 1 aromatic carbocycles. The van der Waals surface area contributed by atoms with Crippen LogP contribution in [0.4, 0.5) is 22.1 Å². The number of aromatic nitrogens is 2. The van der Waals surface area contributed by atoms with Crippen LogP contribution in [0.1, 0.15) is 0 Å². The van der Waals surface area contributed by atoms with Gasteiger partial charge in [0.25, 0.3) is 0 Å². The fourth-order valence-electron chi connectivity index (χ4n) is 2.67. The SMILES string of the molecule is COc1ccc(Cl)cc1NC(=O)Nc1cc(N2CCN(C)CC2)ncn1. The van der Waals surface area contributed by atoms with Gasteiger partial charge in [-0.2, -0.15) is 0 Å². The molecular formula is C17H21ClN6O2. The van der Waals surface area contributed by atoms with E-state index in [1.165, 1.54) is 13.4 Å². The van der Waals surface area contributed by atoms with Crippen molar-refractivity contribution in [3.8, 4) is 5.75 Å². The quantitative estimate of drug-likeness (QED) is 0.853. The zero-order chi connectivity index (χ0) is 18.5. The lowest BCUT2D eigenvalue weighted by Crippen LogP contribution is -2.44. The van der Waals surface area contributed by atoms with Gasteiger partial charge in [-0.25, -0.2) is 14.8 Å². The van der Waals surface area contributed by atoms with Gasteiger partial charge in [-0.05, 0) is 25.2 Å². The first kappa shape index (κ1) is 18.2. The maximum atomic E-state index is 12.3. The lowest BCUT2D eigenvalue weighted by Gasteiger charge is -2.33. The molecular weight excluding hydrogens is 356 g/mol. The fraction of sp³-hybridized carbons (Fsp3) is 0.353. The van der Waals surface area contributed by atoms with Crippen LogP contribution in [0.3, 0.4) is 0 Å². The van der Waals surface area contributed by atoms with Gasteiger partial charge in [-0.1, -0.05) is 11.6 Å². The Bertz CT molecular complexity index is 780. The standard InChI is InChI=1S/C17H21ClN6O2/c1-23-5-7-24(8-6-23)16-10-15(19-11-20-16)22-17(25)21-13-9-12(18)3-4-14(13)26-2/h3-4,9-11H,5-8H2,1-2H3,(H2,19,20,21,22,25). The maximum Gasteiger partial charge on any atom is 0.324 e. The topological polar surface area (TPSA) is 82.6 Å². The van der Waals surface area contributed by atoms with Crippen LogP contribution in [0.25, 0.3) is 0 Å². The van der Waals surface area contributed by atoms with Gasteiger partial charge in [0.1, 0.15) is 23.7 Å². The molecule has 3 rings (SSSR count). The number of likely N-dealkylation sites (N-methyl/N-ethyl adjacent to an activating group) is 1. The van der Waals surface area contributed by atoms with Crippen LogP contribution in [-0.4, -0.2) is 61.2 Å². The normalized spacial score (nSPS) is 14.8. The highest BCUT2D eigenvalue weighted by molar-refractivity contribution is 6.31. The molecule has 138 valence electrons. The van der Waals surface area contributed by atoms with Crippen LogP contribution < -0.4 is 20.3 Å². The molecule has 26 heavy (non-hydrogen) atoms. The monoisotopic (exact) mass is 376 g/mol. The molecule has 2 amide bonds. The number of carbonyl (C=O) groups excluding carboxylic acids is 1. The predicted octanol–water partition coefficient (Wildman–Crippen LogP) is 2.53. The summed E-state index contributed by atoms with van der Waals surface area (Å²) in [5, 5.41) is 5.93. The number of nitrogens with one attached hydrogen (secondary N) is 2. The van der Waals surface area contributed by atoms with E-state index < -0.39 is 6.03 Å². The molecule has 0 unspecified atom stereocenters. The highest BCUT2D eigenvalue weighted by Gasteiger charge is 2.16. The minimum absolute atomic E-state index is 0.424. The molecule has 1 aliphatic rings. The second-order valence-corrected chi connectivity index (χ2v) is 6.41. The Morgan fingerprint density at radius 3 is 2.65 bits per heavy atom. The van der Waals surface area contributed by atoms with Gasteiger partial charge in [0.15, 0.2) is 0 Å². The van der Waals surface area contributed by atoms with E-state index in [2.05, 4.69) is 37.4 Å². The molecule has 2 N–H and O–H groups in total. The smallest absolute Gasteiger partial charge is 0.324 e. The van der Waals surface area contributed by atoms with Crippen molar-refractivity contribution in [3.63, 3.8) is 0 Å². The lowest BCUT2D eigenvalue weighted by molar-refractivity contribution is 0.262. The van der Waals surface area contributed by atoms with Crippen molar-refractivity contribution >= 4 is 35.0 Å². The number of amides is 2. The molecule has 1 saturated heterocycles. The van der Waals surface area contributed by atoms with E-state index >= 15 is 0 Å². The Hall–Kier alpha value is -2.58. The van der Waals surface area contributed by atoms with E-state index in [1.54, 1.807) is 24.3 Å². The first-order valence-electron chi connectivity index (χ1n) is 8.22. The molecule has 0 spiro atoms. The van der Waals surface area contributed by atoms with Crippen molar-refractivity contribution < 1.29 is 9.53 Å². The average molecular weight is 377 g/mol. The number of ether oxygens (including phenoxy) is 1. The Balaban J connectivity index is 1.66. The summed E-state index contributed by atoms with van der Waals surface area (Å²) >= 11 is 5.98. The lowest BCUT2D eigenvalue weighted by atomic mass is 10.3. The predicted molar refractivity (Wildman–Crippen MR) is 102 cm³/mol. The van der Waals surface area contributed by atoms with Crippen molar-refractivity contribution in [2.45, 2.75) is 0 Å². The Labute approximate surface area is 157 Å². The minimum Gasteiger partial charge on any atom is -0.495 e. The van der Waals surface area contributed by atoms with Crippen molar-refractivity contribution in [2.24, 2.45) is 0 Å². The molecule has 0 aliphatic carbocycles. The third kappa shape index (κ3) is 4.53. The average Bonchev–Trinajstić information content (AvgIpc) is 2.62. The zero-order valence-corrected chi connectivity index (χ0v) is 15.5. The second kappa shape index (κ2) is 8.20. The number of piperazine rings is 1. The molecule has 0 saturated carbocycles. The van der Waals surface area contributed by atoms with E-state index in [4.69, 9.17) is 16.3 Å². The molecule has 9 heteroatoms. The molecule has 8 nitrogen and oxygen atoms in total. The van der Waals surface area contributed by atoms with E-state index in [9.17, 15) is 4.79 Å². The largest absolute Gasteiger partial charge is 0.495 e. The summed E-state index contributed by atoms with van der Waals surface area (Å²) in [7, 11) is 3.62. The number of nitrogens with zero attached hydrogens (tertiary/aromatic N) is 4. The third-order valence-corrected chi connectivity index (χ3v) is 4.37. The Morgan fingerprint density at radius 2 is 1.92 bits per heavy atom. The summed E-state index contributed by atoms with van der Waals surface area (Å²) in [5.74, 6) is 1.74. The maximum absolute atomic E-state index is 12.3. The van der Waals surface area contributed by atoms with E-state index in [0.717, 1.165) is 32.0 Å². The highest BCUT2D eigenvalue weighted by atomic mass is 35.5. The third-order valence-electron chi connectivity index (χ3n) is 4.13. The summed E-state index contributed by atoms with van der Waals surface area (Å²) in [6.45, 7) is 3.72. The van der Waals surface area contributed by atoms with Crippen molar-refractivity contribution in [3.05, 3.63) is 35.6 Å². The van der Waals surface area contributed by atoms with Crippen molar-refractivity contribution in [1.82, 2.24) is 14.9 Å². The van der Waals surface area contributed by atoms with E-state index in [0.29, 0.717) is 22.3 Å². The first-order chi connectivity index (χ1) is 12.5. The van der Waals surface area contributed by atoms with Crippen LogP contribution in [-0.2, 0) is 0 Å². The number of methoxy groups -OCH3 is 1. The van der Waals surface area contributed by atoms with Crippen molar-refractivity contribution in [2.75, 3.05) is 55.9 Å². The Kier molecular flexibility index (Phi) is 5.75. The number of anilines is 3. The minimum atomic E-state index is -0.436. The number of benzene rings is 1. The number of halogens is 1. The molecule has 1 aromatic heterocycles. The molecule has 1 fully saturated rings. The summed E-state index contributed by atoms with van der Waals surface area (Å²) in [5.41, 5.74) is 0.478. The van der Waals surface area contributed by atoms with Crippen LogP contribution >= 0.6 is 11.6 Å². The molecule has 0 radical (unpaired) electrons. The van der Waals surface area contributed by atoms with E-state index in [-0.39, 0.29) is 0 Å². The van der Waals surface area contributed by atoms with Crippen LogP contribution in [0.5, 0.6) is 5.75 Å². The molecule has 2 heterocycles. The summed E-state index contributed by atoms with van der Waals surface area (Å²) in [4.78, 5) is 25.1. The van der Waals surface area contributed by atoms with E-state index in [1.807, 2.05) is 0 Å². The van der Waals surface area contributed by atoms with Crippen molar-refractivity contribution in [1.29, 1.82) is 0 Å². The number of hydrogen-bond acceptors (Lipinski definition) is 6. The summed E-state index contributed by atoms with van der Waals surface area (Å²) in [6.07, 6.45) is 1.45. The molecule has 1 aliphatic heterocycles. The number of rotatable bonds is 4. The zero-order valence-electron chi connectivity index (χ0n) is 14.7. The number of carbonyl (C=O) groups is 1. The molecule has 2 aromatic rings. The summed E-state index contributed by atoms with van der Waals surface area (Å²) < 4.78 is 5.22. The highest BCUT2D eigenvalue weighted by Crippen LogP contribution is 2.27. The number of urea groups is 1. The molecule has 0 atom stereocenters. The Morgan fingerprint density at radius 1 is 1.15 bits per heavy atom. The summed E-state index contributed by atoms with van der Waals surface area (Å²) in [6, 6.07) is 6.33. The first-order valence-corrected chi connectivity index (χ1v) is 8.60.